The second-order valence-electron chi connectivity index (χ2n) is 7.12. The minimum atomic E-state index is 0.371. The van der Waals surface area contributed by atoms with E-state index in [1.54, 1.807) is 0 Å². The zero-order valence-electron chi connectivity index (χ0n) is 14.3. The summed E-state index contributed by atoms with van der Waals surface area (Å²) in [4.78, 5) is 3.07. The second kappa shape index (κ2) is 7.97. The molecule has 0 spiro atoms. The lowest BCUT2D eigenvalue weighted by molar-refractivity contribution is 0.339. The van der Waals surface area contributed by atoms with Crippen LogP contribution < -0.4 is 0 Å². The Morgan fingerprint density at radius 3 is 2.18 bits per heavy atom. The summed E-state index contributed by atoms with van der Waals surface area (Å²) in [5, 5.41) is 0. The van der Waals surface area contributed by atoms with Crippen molar-refractivity contribution in [1.29, 1.82) is 0 Å². The first-order chi connectivity index (χ1) is 10.5. The highest BCUT2D eigenvalue weighted by Crippen LogP contribution is 2.28. The lowest BCUT2D eigenvalue weighted by Gasteiger charge is -2.21. The van der Waals surface area contributed by atoms with Gasteiger partial charge in [0.25, 0.3) is 0 Å². The molecule has 119 valence electrons. The van der Waals surface area contributed by atoms with E-state index in [9.17, 15) is 0 Å². The number of hydrogen-bond donors (Lipinski definition) is 0. The maximum absolute atomic E-state index is 4.05. The first-order valence-electron chi connectivity index (χ1n) is 8.41. The molecule has 0 fully saturated rings. The van der Waals surface area contributed by atoms with Crippen LogP contribution >= 0.6 is 11.3 Å². The van der Waals surface area contributed by atoms with E-state index in [1.165, 1.54) is 53.0 Å². The maximum Gasteiger partial charge on any atom is 0.00483 e. The Morgan fingerprint density at radius 1 is 0.909 bits per heavy atom. The minimum Gasteiger partial charge on any atom is -0.145 e. The Balaban J connectivity index is 1.76. The molecule has 0 bridgehead atoms. The van der Waals surface area contributed by atoms with E-state index in [0.717, 1.165) is 6.42 Å². The van der Waals surface area contributed by atoms with Gasteiger partial charge in [-0.3, -0.25) is 0 Å². The Hall–Kier alpha value is -1.08. The van der Waals surface area contributed by atoms with Crippen LogP contribution in [0.3, 0.4) is 0 Å². The number of rotatable bonds is 8. The molecule has 0 atom stereocenters. The van der Waals surface area contributed by atoms with Crippen molar-refractivity contribution in [1.82, 2.24) is 0 Å². The summed E-state index contributed by atoms with van der Waals surface area (Å²) >= 11 is 2.00. The second-order valence-corrected chi connectivity index (χ2v) is 8.37. The van der Waals surface area contributed by atoms with Gasteiger partial charge in [0.05, 0.1) is 0 Å². The molecule has 2 rings (SSSR count). The highest BCUT2D eigenvalue weighted by atomic mass is 32.1. The normalized spacial score (nSPS) is 11.8. The maximum atomic E-state index is 4.05. The lowest BCUT2D eigenvalue weighted by atomic mass is 9.85. The van der Waals surface area contributed by atoms with Crippen LogP contribution in [0.2, 0.25) is 0 Å². The molecule has 0 amide bonds. The van der Waals surface area contributed by atoms with Gasteiger partial charge in [0, 0.05) is 9.75 Å². The van der Waals surface area contributed by atoms with Crippen LogP contribution in [0.4, 0.5) is 0 Å². The average molecular weight is 314 g/mol. The van der Waals surface area contributed by atoms with E-state index in [1.807, 2.05) is 11.3 Å². The van der Waals surface area contributed by atoms with Crippen LogP contribution in [-0.4, -0.2) is 0 Å². The van der Waals surface area contributed by atoms with Crippen molar-refractivity contribution in [2.75, 3.05) is 0 Å². The van der Waals surface area contributed by atoms with Gasteiger partial charge >= 0.3 is 0 Å². The van der Waals surface area contributed by atoms with Crippen molar-refractivity contribution in [3.05, 3.63) is 64.2 Å². The fourth-order valence-corrected chi connectivity index (χ4v) is 3.56. The third kappa shape index (κ3) is 5.61. The molecule has 0 saturated heterocycles. The number of benzene rings is 1. The van der Waals surface area contributed by atoms with E-state index in [-0.39, 0.29) is 0 Å². The Bertz CT molecular complexity index is 560. The van der Waals surface area contributed by atoms with E-state index in [2.05, 4.69) is 64.1 Å². The van der Waals surface area contributed by atoms with E-state index >= 15 is 0 Å². The highest BCUT2D eigenvalue weighted by Gasteiger charge is 2.15. The first-order valence-corrected chi connectivity index (χ1v) is 9.22. The molecular formula is C21H29S. The third-order valence-electron chi connectivity index (χ3n) is 4.45. The molecule has 1 heterocycles. The molecule has 2 aromatic rings. The summed E-state index contributed by atoms with van der Waals surface area (Å²) in [5.74, 6) is 0. The standard InChI is InChI=1S/C21H29S/c1-5-21(3,4)16-15-20-14-13-19(22-20)8-6-7-18-11-9-17(2)10-12-18/h9-14H,1,5-8,15-16H2,2-4H3. The van der Waals surface area contributed by atoms with Gasteiger partial charge in [-0.2, -0.15) is 0 Å². The van der Waals surface area contributed by atoms with Crippen LogP contribution in [0, 0.1) is 19.3 Å². The molecule has 0 aliphatic carbocycles. The van der Waals surface area contributed by atoms with Crippen LogP contribution in [0.15, 0.2) is 36.4 Å². The number of hydrogen-bond acceptors (Lipinski definition) is 1. The zero-order chi connectivity index (χ0) is 16.0. The Kier molecular flexibility index (Phi) is 6.26. The summed E-state index contributed by atoms with van der Waals surface area (Å²) < 4.78 is 0. The molecule has 22 heavy (non-hydrogen) atoms. The van der Waals surface area contributed by atoms with Crippen molar-refractivity contribution in [2.45, 2.75) is 59.3 Å². The predicted molar refractivity (Wildman–Crippen MR) is 99.6 cm³/mol. The lowest BCUT2D eigenvalue weighted by Crippen LogP contribution is -2.10. The summed E-state index contributed by atoms with van der Waals surface area (Å²) in [6.45, 7) is 10.8. The van der Waals surface area contributed by atoms with Crippen LogP contribution in [-0.2, 0) is 19.3 Å². The largest absolute Gasteiger partial charge is 0.145 e. The number of aryl methyl sites for hydroxylation is 4. The van der Waals surface area contributed by atoms with Gasteiger partial charge in [0.15, 0.2) is 0 Å². The fraction of sp³-hybridized carbons (Fsp3) is 0.476. The molecule has 0 unspecified atom stereocenters. The SMILES string of the molecule is [CH2]CC(C)(C)CCc1ccc(CCCc2ccc(C)cc2)s1. The van der Waals surface area contributed by atoms with Crippen molar-refractivity contribution in [3.8, 4) is 0 Å². The molecule has 0 aliphatic rings. The van der Waals surface area contributed by atoms with Crippen LogP contribution in [0.5, 0.6) is 0 Å². The van der Waals surface area contributed by atoms with Gasteiger partial charge in [-0.1, -0.05) is 50.6 Å². The molecular weight excluding hydrogens is 284 g/mol. The highest BCUT2D eigenvalue weighted by molar-refractivity contribution is 7.11. The van der Waals surface area contributed by atoms with Gasteiger partial charge in [0.2, 0.25) is 0 Å². The fourth-order valence-electron chi connectivity index (χ4n) is 2.50. The predicted octanol–water partition coefficient (Wildman–Crippen LogP) is 6.41. The smallest absolute Gasteiger partial charge is 0.00483 e. The summed E-state index contributed by atoms with van der Waals surface area (Å²) in [7, 11) is 0. The molecule has 1 heteroatoms. The van der Waals surface area contributed by atoms with Gasteiger partial charge in [0.1, 0.15) is 0 Å². The van der Waals surface area contributed by atoms with E-state index < -0.39 is 0 Å². The molecule has 1 aromatic heterocycles. The third-order valence-corrected chi connectivity index (χ3v) is 5.66. The Morgan fingerprint density at radius 2 is 1.55 bits per heavy atom. The topological polar surface area (TPSA) is 0 Å². The molecule has 0 saturated carbocycles. The van der Waals surface area contributed by atoms with Gasteiger partial charge < -0.3 is 0 Å². The van der Waals surface area contributed by atoms with E-state index in [0.29, 0.717) is 5.41 Å². The molecule has 1 radical (unpaired) electrons. The van der Waals surface area contributed by atoms with Gasteiger partial charge in [-0.15, -0.1) is 11.3 Å². The zero-order valence-corrected chi connectivity index (χ0v) is 15.1. The van der Waals surface area contributed by atoms with E-state index in [4.69, 9.17) is 0 Å². The van der Waals surface area contributed by atoms with Crippen LogP contribution in [0.1, 0.15) is 54.0 Å². The molecule has 1 aromatic carbocycles. The van der Waals surface area contributed by atoms with Gasteiger partial charge in [-0.05, 0) is 68.6 Å². The minimum absolute atomic E-state index is 0.371. The molecule has 0 N–H and O–H groups in total. The monoisotopic (exact) mass is 313 g/mol. The molecule has 0 aliphatic heterocycles. The quantitative estimate of drug-likeness (QED) is 0.528. The average Bonchev–Trinajstić information content (AvgIpc) is 2.95. The summed E-state index contributed by atoms with van der Waals surface area (Å²) in [6.07, 6.45) is 7.08. The van der Waals surface area contributed by atoms with Crippen molar-refractivity contribution in [3.63, 3.8) is 0 Å². The first kappa shape index (κ1) is 17.3. The summed E-state index contributed by atoms with van der Waals surface area (Å²) in [6, 6.07) is 13.6. The Labute approximate surface area is 140 Å². The van der Waals surface area contributed by atoms with Crippen molar-refractivity contribution >= 4 is 11.3 Å². The van der Waals surface area contributed by atoms with Crippen molar-refractivity contribution in [2.24, 2.45) is 5.41 Å². The molecule has 0 nitrogen and oxygen atoms in total. The van der Waals surface area contributed by atoms with Crippen LogP contribution in [0.25, 0.3) is 0 Å². The summed E-state index contributed by atoms with van der Waals surface area (Å²) in [5.41, 5.74) is 3.17. The number of thiophene rings is 1. The van der Waals surface area contributed by atoms with Crippen molar-refractivity contribution < 1.29 is 0 Å². The van der Waals surface area contributed by atoms with Gasteiger partial charge in [-0.25, -0.2) is 0 Å².